The number of nitrogens with two attached hydrogens (primary N) is 1. The molecule has 0 amide bonds. The van der Waals surface area contributed by atoms with Gasteiger partial charge in [0.2, 0.25) is 0 Å². The summed E-state index contributed by atoms with van der Waals surface area (Å²) in [5.74, 6) is 1.83. The summed E-state index contributed by atoms with van der Waals surface area (Å²) in [5, 5.41) is 0. The third kappa shape index (κ3) is 2.21. The van der Waals surface area contributed by atoms with Crippen LogP contribution in [0.25, 0.3) is 0 Å². The highest BCUT2D eigenvalue weighted by molar-refractivity contribution is 5.02. The van der Waals surface area contributed by atoms with Gasteiger partial charge in [-0.3, -0.25) is 4.90 Å². The van der Waals surface area contributed by atoms with Gasteiger partial charge in [-0.1, -0.05) is 20.8 Å². The fourth-order valence-corrected chi connectivity index (χ4v) is 3.10. The number of likely N-dealkylation sites (tertiary alicyclic amines) is 1. The Hall–Kier alpha value is -0.0800. The monoisotopic (exact) mass is 210 g/mol. The van der Waals surface area contributed by atoms with E-state index in [9.17, 15) is 0 Å². The zero-order chi connectivity index (χ0) is 11.1. The van der Waals surface area contributed by atoms with E-state index in [4.69, 9.17) is 5.73 Å². The Morgan fingerprint density at radius 1 is 1.20 bits per heavy atom. The Labute approximate surface area is 94.2 Å². The standard InChI is InChI=1S/C13H26N2/c1-4-13(14)8-15(9-13)12-6-5-10(2)11(3)7-12/h10-12H,4-9,14H2,1-3H3. The van der Waals surface area contributed by atoms with Gasteiger partial charge in [0.15, 0.2) is 0 Å². The molecule has 1 saturated carbocycles. The van der Waals surface area contributed by atoms with Crippen LogP contribution in [0.4, 0.5) is 0 Å². The van der Waals surface area contributed by atoms with Crippen molar-refractivity contribution in [2.75, 3.05) is 13.1 Å². The second-order valence-electron chi connectivity index (χ2n) is 6.04. The molecule has 2 heteroatoms. The summed E-state index contributed by atoms with van der Waals surface area (Å²) in [6, 6.07) is 0.833. The van der Waals surface area contributed by atoms with Gasteiger partial charge in [-0.15, -0.1) is 0 Å². The first-order valence-electron chi connectivity index (χ1n) is 6.57. The topological polar surface area (TPSA) is 29.3 Å². The predicted octanol–water partition coefficient (Wildman–Crippen LogP) is 2.23. The first-order chi connectivity index (χ1) is 7.04. The molecule has 15 heavy (non-hydrogen) atoms. The Morgan fingerprint density at radius 3 is 2.40 bits per heavy atom. The summed E-state index contributed by atoms with van der Waals surface area (Å²) in [4.78, 5) is 2.62. The van der Waals surface area contributed by atoms with Crippen LogP contribution in [-0.2, 0) is 0 Å². The number of rotatable bonds is 2. The van der Waals surface area contributed by atoms with Crippen LogP contribution in [0, 0.1) is 11.8 Å². The van der Waals surface area contributed by atoms with E-state index in [2.05, 4.69) is 25.7 Å². The second-order valence-corrected chi connectivity index (χ2v) is 6.04. The van der Waals surface area contributed by atoms with Crippen LogP contribution in [0.15, 0.2) is 0 Å². The highest BCUT2D eigenvalue weighted by atomic mass is 15.3. The number of hydrogen-bond donors (Lipinski definition) is 1. The molecule has 0 aromatic rings. The van der Waals surface area contributed by atoms with E-state index in [1.165, 1.54) is 19.3 Å². The van der Waals surface area contributed by atoms with Crippen LogP contribution in [0.2, 0.25) is 0 Å². The van der Waals surface area contributed by atoms with Crippen molar-refractivity contribution >= 4 is 0 Å². The lowest BCUT2D eigenvalue weighted by molar-refractivity contribution is -0.00289. The summed E-state index contributed by atoms with van der Waals surface area (Å²) < 4.78 is 0. The van der Waals surface area contributed by atoms with E-state index in [1.54, 1.807) is 0 Å². The molecule has 0 spiro atoms. The van der Waals surface area contributed by atoms with Gasteiger partial charge in [-0.05, 0) is 37.5 Å². The molecule has 0 bridgehead atoms. The van der Waals surface area contributed by atoms with Crippen LogP contribution in [-0.4, -0.2) is 29.6 Å². The summed E-state index contributed by atoms with van der Waals surface area (Å²) in [7, 11) is 0. The molecule has 0 radical (unpaired) electrons. The van der Waals surface area contributed by atoms with Crippen molar-refractivity contribution in [3.8, 4) is 0 Å². The first-order valence-corrected chi connectivity index (χ1v) is 6.57. The van der Waals surface area contributed by atoms with Crippen LogP contribution < -0.4 is 5.73 Å². The molecular formula is C13H26N2. The van der Waals surface area contributed by atoms with E-state index >= 15 is 0 Å². The Kier molecular flexibility index (Phi) is 3.09. The number of hydrogen-bond acceptors (Lipinski definition) is 2. The average molecular weight is 210 g/mol. The molecule has 3 atom stereocenters. The van der Waals surface area contributed by atoms with Crippen molar-refractivity contribution in [1.29, 1.82) is 0 Å². The normalized spacial score (nSPS) is 41.2. The van der Waals surface area contributed by atoms with Crippen molar-refractivity contribution in [2.45, 2.75) is 58.0 Å². The summed E-state index contributed by atoms with van der Waals surface area (Å²) in [6.45, 7) is 9.29. The van der Waals surface area contributed by atoms with Crippen molar-refractivity contribution in [1.82, 2.24) is 4.90 Å². The molecule has 2 rings (SSSR count). The molecule has 0 aromatic heterocycles. The second kappa shape index (κ2) is 4.06. The molecule has 2 aliphatic rings. The molecular weight excluding hydrogens is 184 g/mol. The maximum atomic E-state index is 6.22. The quantitative estimate of drug-likeness (QED) is 0.757. The van der Waals surface area contributed by atoms with E-state index in [-0.39, 0.29) is 5.54 Å². The molecule has 1 saturated heterocycles. The van der Waals surface area contributed by atoms with Crippen LogP contribution in [0.3, 0.4) is 0 Å². The van der Waals surface area contributed by atoms with Gasteiger partial charge < -0.3 is 5.73 Å². The maximum absolute atomic E-state index is 6.22. The molecule has 2 fully saturated rings. The lowest BCUT2D eigenvalue weighted by Gasteiger charge is -2.53. The molecule has 1 aliphatic heterocycles. The Bertz CT molecular complexity index is 221. The van der Waals surface area contributed by atoms with Gasteiger partial charge in [0, 0.05) is 24.7 Å². The lowest BCUT2D eigenvalue weighted by Crippen LogP contribution is -2.69. The average Bonchev–Trinajstić information content (AvgIpc) is 2.18. The summed E-state index contributed by atoms with van der Waals surface area (Å²) in [6.07, 6.45) is 5.32. The largest absolute Gasteiger partial charge is 0.323 e. The molecule has 0 aromatic carbocycles. The SMILES string of the molecule is CCC1(N)CN(C2CCC(C)C(C)C2)C1. The zero-order valence-electron chi connectivity index (χ0n) is 10.5. The van der Waals surface area contributed by atoms with Crippen molar-refractivity contribution in [2.24, 2.45) is 17.6 Å². The maximum Gasteiger partial charge on any atom is 0.0410 e. The number of nitrogens with zero attached hydrogens (tertiary/aromatic N) is 1. The smallest absolute Gasteiger partial charge is 0.0410 e. The van der Waals surface area contributed by atoms with Gasteiger partial charge >= 0.3 is 0 Å². The predicted molar refractivity (Wildman–Crippen MR) is 64.7 cm³/mol. The first kappa shape index (κ1) is 11.4. The third-order valence-corrected chi connectivity index (χ3v) is 4.83. The molecule has 1 heterocycles. The molecule has 2 N–H and O–H groups in total. The molecule has 3 unspecified atom stereocenters. The van der Waals surface area contributed by atoms with E-state index in [1.807, 2.05) is 0 Å². The molecule has 88 valence electrons. The van der Waals surface area contributed by atoms with E-state index in [0.717, 1.165) is 37.4 Å². The summed E-state index contributed by atoms with van der Waals surface area (Å²) in [5.41, 5.74) is 6.36. The molecule has 2 nitrogen and oxygen atoms in total. The fourth-order valence-electron chi connectivity index (χ4n) is 3.10. The van der Waals surface area contributed by atoms with E-state index in [0.29, 0.717) is 0 Å². The Morgan fingerprint density at radius 2 is 1.87 bits per heavy atom. The minimum absolute atomic E-state index is 0.145. The van der Waals surface area contributed by atoms with Gasteiger partial charge in [0.05, 0.1) is 0 Å². The third-order valence-electron chi connectivity index (χ3n) is 4.83. The minimum Gasteiger partial charge on any atom is -0.323 e. The highest BCUT2D eigenvalue weighted by Gasteiger charge is 2.42. The van der Waals surface area contributed by atoms with Crippen molar-refractivity contribution in [3.63, 3.8) is 0 Å². The van der Waals surface area contributed by atoms with Gasteiger partial charge in [-0.25, -0.2) is 0 Å². The zero-order valence-corrected chi connectivity index (χ0v) is 10.5. The van der Waals surface area contributed by atoms with Gasteiger partial charge in [0.25, 0.3) is 0 Å². The van der Waals surface area contributed by atoms with Gasteiger partial charge in [-0.2, -0.15) is 0 Å². The van der Waals surface area contributed by atoms with E-state index < -0.39 is 0 Å². The minimum atomic E-state index is 0.145. The van der Waals surface area contributed by atoms with Gasteiger partial charge in [0.1, 0.15) is 0 Å². The lowest BCUT2D eigenvalue weighted by atomic mass is 9.76. The van der Waals surface area contributed by atoms with Crippen molar-refractivity contribution in [3.05, 3.63) is 0 Å². The fraction of sp³-hybridized carbons (Fsp3) is 1.00. The van der Waals surface area contributed by atoms with Crippen LogP contribution in [0.1, 0.15) is 46.5 Å². The van der Waals surface area contributed by atoms with Crippen molar-refractivity contribution < 1.29 is 0 Å². The summed E-state index contributed by atoms with van der Waals surface area (Å²) >= 11 is 0. The van der Waals surface area contributed by atoms with Crippen LogP contribution >= 0.6 is 0 Å². The highest BCUT2D eigenvalue weighted by Crippen LogP contribution is 2.35. The Balaban J connectivity index is 1.82. The molecule has 1 aliphatic carbocycles. The van der Waals surface area contributed by atoms with Crippen LogP contribution in [0.5, 0.6) is 0 Å².